The summed E-state index contributed by atoms with van der Waals surface area (Å²) in [6, 6.07) is 10.8. The average Bonchev–Trinajstić information content (AvgIpc) is 3.30. The first-order valence-corrected chi connectivity index (χ1v) is 15.2. The van der Waals surface area contributed by atoms with Gasteiger partial charge in [0.15, 0.2) is 11.5 Å². The second kappa shape index (κ2) is 14.9. The zero-order valence-corrected chi connectivity index (χ0v) is 27.7. The SMILES string of the molecule is CC[C@@H](C)[C@H](Nc1ccc2c(cc1=O)[C@@H](NC(C)=O)CCc1cc(OC)c(OC)c(OC)c1-2)C(=O)Nc1ccc(OC)cc1OC. The summed E-state index contributed by atoms with van der Waals surface area (Å²) < 4.78 is 27.9. The van der Waals surface area contributed by atoms with Crippen LogP contribution in [0.25, 0.3) is 11.1 Å². The van der Waals surface area contributed by atoms with Gasteiger partial charge in [0.25, 0.3) is 0 Å². The van der Waals surface area contributed by atoms with Gasteiger partial charge in [-0.3, -0.25) is 14.4 Å². The fourth-order valence-corrected chi connectivity index (χ4v) is 5.81. The van der Waals surface area contributed by atoms with Gasteiger partial charge < -0.3 is 39.6 Å². The van der Waals surface area contributed by atoms with Gasteiger partial charge in [-0.1, -0.05) is 26.3 Å². The van der Waals surface area contributed by atoms with E-state index in [2.05, 4.69) is 16.0 Å². The first-order valence-electron chi connectivity index (χ1n) is 15.2. The van der Waals surface area contributed by atoms with Crippen LogP contribution in [-0.2, 0) is 16.0 Å². The topological polar surface area (TPSA) is 133 Å². The number of rotatable bonds is 12. The first kappa shape index (κ1) is 34.0. The standard InChI is InChI=1S/C35H43N3O8/c1-9-19(2)32(35(41)38-27-14-11-22(42-4)17-29(27)43-5)37-26-15-12-23-24(18-28(26)40)25(36-20(3)39)13-10-21-16-30(44-6)33(45-7)34(46-8)31(21)23/h11-12,14-19,25,32H,9-10,13H2,1-8H3,(H,36,39)(H,37,40)(H,38,41)/t19-,25+,32+/m1/s1. The molecule has 3 N–H and O–H groups in total. The van der Waals surface area contributed by atoms with Crippen molar-refractivity contribution in [1.82, 2.24) is 5.32 Å². The molecule has 0 aromatic heterocycles. The number of carbonyl (C=O) groups excluding carboxylic acids is 2. The molecule has 3 aromatic carbocycles. The summed E-state index contributed by atoms with van der Waals surface area (Å²) in [5, 5.41) is 9.19. The number of hydrogen-bond acceptors (Lipinski definition) is 9. The van der Waals surface area contributed by atoms with E-state index in [0.29, 0.717) is 64.8 Å². The van der Waals surface area contributed by atoms with Gasteiger partial charge in [-0.05, 0) is 65.8 Å². The molecule has 0 fully saturated rings. The molecule has 0 unspecified atom stereocenters. The van der Waals surface area contributed by atoms with E-state index >= 15 is 0 Å². The lowest BCUT2D eigenvalue weighted by Crippen LogP contribution is -2.40. The Balaban J connectivity index is 1.84. The minimum atomic E-state index is -0.760. The van der Waals surface area contributed by atoms with E-state index in [-0.39, 0.29) is 28.8 Å². The number of carbonyl (C=O) groups is 2. The van der Waals surface area contributed by atoms with Crippen LogP contribution >= 0.6 is 0 Å². The number of anilines is 2. The van der Waals surface area contributed by atoms with Gasteiger partial charge in [0.2, 0.25) is 23.0 Å². The van der Waals surface area contributed by atoms with Crippen molar-refractivity contribution in [3.8, 4) is 39.9 Å². The molecule has 0 radical (unpaired) electrons. The molecule has 0 bridgehead atoms. The molecule has 4 rings (SSSR count). The van der Waals surface area contributed by atoms with Crippen LogP contribution in [0.15, 0.2) is 47.3 Å². The molecule has 1 aliphatic carbocycles. The fraction of sp³-hybridized carbons (Fsp3) is 0.400. The van der Waals surface area contributed by atoms with Gasteiger partial charge in [-0.15, -0.1) is 0 Å². The molecular weight excluding hydrogens is 590 g/mol. The largest absolute Gasteiger partial charge is 0.497 e. The van der Waals surface area contributed by atoms with Crippen molar-refractivity contribution in [1.29, 1.82) is 0 Å². The lowest BCUT2D eigenvalue weighted by molar-refractivity contribution is -0.120. The third kappa shape index (κ3) is 6.98. The molecule has 11 heteroatoms. The summed E-state index contributed by atoms with van der Waals surface area (Å²) in [5.74, 6) is 1.73. The molecule has 46 heavy (non-hydrogen) atoms. The predicted octanol–water partition coefficient (Wildman–Crippen LogP) is 5.35. The Morgan fingerprint density at radius 2 is 1.57 bits per heavy atom. The molecule has 1 aliphatic rings. The molecule has 0 heterocycles. The molecule has 3 atom stereocenters. The van der Waals surface area contributed by atoms with Crippen molar-refractivity contribution >= 4 is 23.2 Å². The maximum Gasteiger partial charge on any atom is 0.247 e. The normalized spacial score (nSPS) is 14.7. The van der Waals surface area contributed by atoms with Gasteiger partial charge >= 0.3 is 0 Å². The number of nitrogens with one attached hydrogen (secondary N) is 3. The second-order valence-corrected chi connectivity index (χ2v) is 11.2. The summed E-state index contributed by atoms with van der Waals surface area (Å²) in [6.45, 7) is 5.37. The van der Waals surface area contributed by atoms with E-state index in [4.69, 9.17) is 23.7 Å². The van der Waals surface area contributed by atoms with Gasteiger partial charge in [-0.25, -0.2) is 0 Å². The van der Waals surface area contributed by atoms with Crippen molar-refractivity contribution in [3.63, 3.8) is 0 Å². The summed E-state index contributed by atoms with van der Waals surface area (Å²) in [6.07, 6.45) is 1.79. The molecule has 11 nitrogen and oxygen atoms in total. The van der Waals surface area contributed by atoms with E-state index in [0.717, 1.165) is 11.1 Å². The zero-order valence-electron chi connectivity index (χ0n) is 27.7. The molecule has 3 aromatic rings. The average molecular weight is 634 g/mol. The fourth-order valence-electron chi connectivity index (χ4n) is 5.81. The van der Waals surface area contributed by atoms with E-state index < -0.39 is 12.1 Å². The van der Waals surface area contributed by atoms with Crippen molar-refractivity contribution < 1.29 is 33.3 Å². The zero-order chi connectivity index (χ0) is 33.5. The van der Waals surface area contributed by atoms with Gasteiger partial charge in [-0.2, -0.15) is 0 Å². The molecule has 0 saturated heterocycles. The van der Waals surface area contributed by atoms with Crippen molar-refractivity contribution in [2.24, 2.45) is 5.92 Å². The molecule has 0 saturated carbocycles. The minimum absolute atomic E-state index is 0.142. The monoisotopic (exact) mass is 633 g/mol. The third-order valence-corrected chi connectivity index (χ3v) is 8.39. The highest BCUT2D eigenvalue weighted by molar-refractivity contribution is 5.98. The quantitative estimate of drug-likeness (QED) is 0.242. The van der Waals surface area contributed by atoms with Crippen molar-refractivity contribution in [3.05, 3.63) is 63.8 Å². The number of fused-ring (bicyclic) bond motifs is 3. The van der Waals surface area contributed by atoms with Crippen LogP contribution in [0.3, 0.4) is 0 Å². The predicted molar refractivity (Wildman–Crippen MR) is 178 cm³/mol. The minimum Gasteiger partial charge on any atom is -0.497 e. The van der Waals surface area contributed by atoms with Crippen LogP contribution in [0.1, 0.15) is 50.8 Å². The Labute approximate surface area is 269 Å². The Bertz CT molecular complexity index is 1660. The van der Waals surface area contributed by atoms with Crippen LogP contribution < -0.4 is 45.1 Å². The number of ether oxygens (including phenoxy) is 5. The maximum atomic E-state index is 13.9. The highest BCUT2D eigenvalue weighted by atomic mass is 16.5. The summed E-state index contributed by atoms with van der Waals surface area (Å²) >= 11 is 0. The van der Waals surface area contributed by atoms with E-state index in [1.165, 1.54) is 27.2 Å². The summed E-state index contributed by atoms with van der Waals surface area (Å²) in [4.78, 5) is 39.9. The number of benzene rings is 2. The van der Waals surface area contributed by atoms with Crippen LogP contribution in [-0.4, -0.2) is 53.4 Å². The molecule has 246 valence electrons. The first-order chi connectivity index (χ1) is 22.1. The third-order valence-electron chi connectivity index (χ3n) is 8.39. The highest BCUT2D eigenvalue weighted by Gasteiger charge is 2.30. The molecule has 0 spiro atoms. The number of aryl methyl sites for hydroxylation is 1. The summed E-state index contributed by atoms with van der Waals surface area (Å²) in [7, 11) is 7.71. The van der Waals surface area contributed by atoms with E-state index in [9.17, 15) is 14.4 Å². The van der Waals surface area contributed by atoms with Gasteiger partial charge in [0.1, 0.15) is 17.5 Å². The Hall–Kier alpha value is -4.93. The van der Waals surface area contributed by atoms with Crippen molar-refractivity contribution in [2.75, 3.05) is 46.2 Å². The highest BCUT2D eigenvalue weighted by Crippen LogP contribution is 2.50. The van der Waals surface area contributed by atoms with Gasteiger partial charge in [0, 0.05) is 18.6 Å². The Morgan fingerprint density at radius 1 is 0.870 bits per heavy atom. The summed E-state index contributed by atoms with van der Waals surface area (Å²) in [5.41, 5.74) is 3.36. The molecule has 2 amide bonds. The lowest BCUT2D eigenvalue weighted by Gasteiger charge is -2.24. The van der Waals surface area contributed by atoms with Crippen LogP contribution in [0.4, 0.5) is 11.4 Å². The maximum absolute atomic E-state index is 13.9. The van der Waals surface area contributed by atoms with Crippen LogP contribution in [0.5, 0.6) is 28.7 Å². The smallest absolute Gasteiger partial charge is 0.247 e. The van der Waals surface area contributed by atoms with E-state index in [1.54, 1.807) is 45.6 Å². The molecular formula is C35H43N3O8. The van der Waals surface area contributed by atoms with E-state index in [1.807, 2.05) is 26.0 Å². The van der Waals surface area contributed by atoms with Crippen molar-refractivity contribution in [2.45, 2.75) is 52.1 Å². The van der Waals surface area contributed by atoms with Crippen LogP contribution in [0.2, 0.25) is 0 Å². The molecule has 0 aliphatic heterocycles. The Morgan fingerprint density at radius 3 is 2.17 bits per heavy atom. The number of hydrogen-bond donors (Lipinski definition) is 3. The van der Waals surface area contributed by atoms with Gasteiger partial charge in [0.05, 0.1) is 53.0 Å². The van der Waals surface area contributed by atoms with Crippen LogP contribution in [0, 0.1) is 5.92 Å². The second-order valence-electron chi connectivity index (χ2n) is 11.2. The number of amides is 2. The number of methoxy groups -OCH3 is 5. The lowest BCUT2D eigenvalue weighted by atomic mass is 9.95. The Kier molecular flexibility index (Phi) is 11.0.